The molecule has 2 heterocycles. The van der Waals surface area contributed by atoms with E-state index in [0.717, 1.165) is 13.0 Å². The zero-order chi connectivity index (χ0) is 9.54. The maximum absolute atomic E-state index is 5.26. The molecule has 1 aliphatic rings. The number of benzene rings is 1. The van der Waals surface area contributed by atoms with Gasteiger partial charge in [-0.3, -0.25) is 0 Å². The van der Waals surface area contributed by atoms with Crippen LogP contribution in [0.25, 0.3) is 10.9 Å². The normalized spacial score (nSPS) is 20.2. The molecule has 1 aliphatic heterocycles. The molecule has 0 bridgehead atoms. The molecule has 1 aromatic heterocycles. The lowest BCUT2D eigenvalue weighted by Crippen LogP contribution is -1.93. The van der Waals surface area contributed by atoms with Gasteiger partial charge in [-0.05, 0) is 17.7 Å². The summed E-state index contributed by atoms with van der Waals surface area (Å²) in [5.74, 6) is 0. The molecule has 1 unspecified atom stereocenters. The van der Waals surface area contributed by atoms with Gasteiger partial charge in [-0.2, -0.15) is 0 Å². The van der Waals surface area contributed by atoms with Crippen molar-refractivity contribution in [3.63, 3.8) is 0 Å². The van der Waals surface area contributed by atoms with E-state index in [2.05, 4.69) is 42.1 Å². The van der Waals surface area contributed by atoms with Crippen molar-refractivity contribution in [3.8, 4) is 0 Å². The van der Waals surface area contributed by atoms with Crippen LogP contribution in [0.4, 0.5) is 0 Å². The molecule has 1 saturated heterocycles. The number of nitrogens with zero attached hydrogens (tertiary/aromatic N) is 1. The maximum atomic E-state index is 5.26. The number of aryl methyl sites for hydroxylation is 1. The van der Waals surface area contributed by atoms with E-state index in [4.69, 9.17) is 4.74 Å². The second-order valence-corrected chi connectivity index (χ2v) is 3.94. The van der Waals surface area contributed by atoms with E-state index in [1.165, 1.54) is 16.5 Å². The standard InChI is InChI=1S/C12H13NO/c1-13-6-5-11-9(7-10-8-14-10)3-2-4-12(11)13/h2-6,10H,7-8H2,1H3. The van der Waals surface area contributed by atoms with Crippen LogP contribution in [0, 0.1) is 0 Å². The van der Waals surface area contributed by atoms with Crippen LogP contribution in [0.3, 0.4) is 0 Å². The molecular formula is C12H13NO. The third kappa shape index (κ3) is 1.23. The summed E-state index contributed by atoms with van der Waals surface area (Å²) in [6, 6.07) is 8.67. The van der Waals surface area contributed by atoms with Crippen LogP contribution in [0.5, 0.6) is 0 Å². The van der Waals surface area contributed by atoms with Crippen molar-refractivity contribution in [2.24, 2.45) is 7.05 Å². The molecule has 0 amide bonds. The highest BCUT2D eigenvalue weighted by atomic mass is 16.6. The van der Waals surface area contributed by atoms with E-state index >= 15 is 0 Å². The Morgan fingerprint density at radius 3 is 3.07 bits per heavy atom. The Bertz CT molecular complexity index is 468. The van der Waals surface area contributed by atoms with Crippen LogP contribution in [0.15, 0.2) is 30.5 Å². The molecule has 1 atom stereocenters. The van der Waals surface area contributed by atoms with Crippen molar-refractivity contribution >= 4 is 10.9 Å². The first-order valence-electron chi connectivity index (χ1n) is 4.99. The zero-order valence-electron chi connectivity index (χ0n) is 8.23. The largest absolute Gasteiger partial charge is 0.373 e. The lowest BCUT2D eigenvalue weighted by Gasteiger charge is -2.01. The number of epoxide rings is 1. The smallest absolute Gasteiger partial charge is 0.0850 e. The predicted octanol–water partition coefficient (Wildman–Crippen LogP) is 2.12. The Labute approximate surface area is 83.1 Å². The first-order chi connectivity index (χ1) is 6.84. The molecule has 2 nitrogen and oxygen atoms in total. The van der Waals surface area contributed by atoms with Gasteiger partial charge in [0.25, 0.3) is 0 Å². The molecule has 2 heteroatoms. The summed E-state index contributed by atoms with van der Waals surface area (Å²) >= 11 is 0. The fourth-order valence-electron chi connectivity index (χ4n) is 1.98. The van der Waals surface area contributed by atoms with Crippen molar-refractivity contribution in [2.45, 2.75) is 12.5 Å². The van der Waals surface area contributed by atoms with Crippen LogP contribution >= 0.6 is 0 Å². The van der Waals surface area contributed by atoms with Gasteiger partial charge < -0.3 is 9.30 Å². The molecule has 0 radical (unpaired) electrons. The Kier molecular flexibility index (Phi) is 1.64. The van der Waals surface area contributed by atoms with Crippen molar-refractivity contribution in [2.75, 3.05) is 6.61 Å². The van der Waals surface area contributed by atoms with Gasteiger partial charge >= 0.3 is 0 Å². The highest BCUT2D eigenvalue weighted by molar-refractivity contribution is 5.83. The molecule has 1 aromatic carbocycles. The van der Waals surface area contributed by atoms with Crippen LogP contribution in [0.1, 0.15) is 5.56 Å². The number of aromatic nitrogens is 1. The first kappa shape index (κ1) is 8.06. The molecular weight excluding hydrogens is 174 g/mol. The van der Waals surface area contributed by atoms with E-state index in [-0.39, 0.29) is 0 Å². The molecule has 0 saturated carbocycles. The van der Waals surface area contributed by atoms with E-state index in [0.29, 0.717) is 6.10 Å². The number of hydrogen-bond acceptors (Lipinski definition) is 1. The Morgan fingerprint density at radius 1 is 1.43 bits per heavy atom. The summed E-state index contributed by atoms with van der Waals surface area (Å²) in [5.41, 5.74) is 2.72. The van der Waals surface area contributed by atoms with Crippen molar-refractivity contribution in [1.82, 2.24) is 4.57 Å². The van der Waals surface area contributed by atoms with Gasteiger partial charge in [0.1, 0.15) is 0 Å². The predicted molar refractivity (Wildman–Crippen MR) is 56.4 cm³/mol. The quantitative estimate of drug-likeness (QED) is 0.658. The van der Waals surface area contributed by atoms with Gasteiger partial charge in [0.15, 0.2) is 0 Å². The van der Waals surface area contributed by atoms with Gasteiger partial charge in [0.05, 0.1) is 12.7 Å². The van der Waals surface area contributed by atoms with Crippen LogP contribution in [0.2, 0.25) is 0 Å². The van der Waals surface area contributed by atoms with Crippen LogP contribution in [-0.4, -0.2) is 17.3 Å². The molecule has 14 heavy (non-hydrogen) atoms. The van der Waals surface area contributed by atoms with Gasteiger partial charge in [-0.25, -0.2) is 0 Å². The van der Waals surface area contributed by atoms with Crippen molar-refractivity contribution in [3.05, 3.63) is 36.0 Å². The summed E-state index contributed by atoms with van der Waals surface area (Å²) in [4.78, 5) is 0. The van der Waals surface area contributed by atoms with Gasteiger partial charge in [-0.15, -0.1) is 0 Å². The summed E-state index contributed by atoms with van der Waals surface area (Å²) in [7, 11) is 2.08. The summed E-state index contributed by atoms with van der Waals surface area (Å²) < 4.78 is 7.42. The molecule has 3 rings (SSSR count). The van der Waals surface area contributed by atoms with E-state index in [1.807, 2.05) is 0 Å². The minimum atomic E-state index is 0.473. The average molecular weight is 187 g/mol. The van der Waals surface area contributed by atoms with E-state index in [9.17, 15) is 0 Å². The van der Waals surface area contributed by atoms with Crippen LogP contribution in [-0.2, 0) is 18.2 Å². The Balaban J connectivity index is 2.12. The first-order valence-corrected chi connectivity index (χ1v) is 4.99. The molecule has 2 aromatic rings. The minimum absolute atomic E-state index is 0.473. The fraction of sp³-hybridized carbons (Fsp3) is 0.333. The van der Waals surface area contributed by atoms with E-state index < -0.39 is 0 Å². The van der Waals surface area contributed by atoms with Gasteiger partial charge in [-0.1, -0.05) is 12.1 Å². The topological polar surface area (TPSA) is 17.5 Å². The highest BCUT2D eigenvalue weighted by Gasteiger charge is 2.23. The summed E-state index contributed by atoms with van der Waals surface area (Å²) in [5, 5.41) is 1.37. The second-order valence-electron chi connectivity index (χ2n) is 3.94. The lowest BCUT2D eigenvalue weighted by molar-refractivity contribution is 0.408. The molecule has 0 N–H and O–H groups in total. The summed E-state index contributed by atoms with van der Waals surface area (Å²) in [6.07, 6.45) is 3.64. The van der Waals surface area contributed by atoms with Gasteiger partial charge in [0.2, 0.25) is 0 Å². The average Bonchev–Trinajstić information content (AvgIpc) is 2.92. The van der Waals surface area contributed by atoms with Crippen molar-refractivity contribution in [1.29, 1.82) is 0 Å². The van der Waals surface area contributed by atoms with Crippen molar-refractivity contribution < 1.29 is 4.74 Å². The van der Waals surface area contributed by atoms with Crippen LogP contribution < -0.4 is 0 Å². The zero-order valence-corrected chi connectivity index (χ0v) is 8.23. The fourth-order valence-corrected chi connectivity index (χ4v) is 1.98. The maximum Gasteiger partial charge on any atom is 0.0850 e. The second kappa shape index (κ2) is 2.85. The van der Waals surface area contributed by atoms with Gasteiger partial charge in [0, 0.05) is 30.6 Å². The van der Waals surface area contributed by atoms with E-state index in [1.54, 1.807) is 0 Å². The summed E-state index contributed by atoms with van der Waals surface area (Å²) in [6.45, 7) is 0.934. The SMILES string of the molecule is Cn1ccc2c(CC3CO3)cccc21. The molecule has 0 aliphatic carbocycles. The number of hydrogen-bond donors (Lipinski definition) is 0. The highest BCUT2D eigenvalue weighted by Crippen LogP contribution is 2.24. The number of rotatable bonds is 2. The molecule has 0 spiro atoms. The Hall–Kier alpha value is -1.28. The molecule has 72 valence electrons. The Morgan fingerprint density at radius 2 is 2.29 bits per heavy atom. The third-order valence-corrected chi connectivity index (χ3v) is 2.87. The number of ether oxygens (including phenoxy) is 1. The third-order valence-electron chi connectivity index (χ3n) is 2.87. The lowest BCUT2D eigenvalue weighted by atomic mass is 10.1. The monoisotopic (exact) mass is 187 g/mol. The number of fused-ring (bicyclic) bond motifs is 1. The molecule has 1 fully saturated rings. The minimum Gasteiger partial charge on any atom is -0.373 e.